The zero-order valence-corrected chi connectivity index (χ0v) is 13.8. The van der Waals surface area contributed by atoms with E-state index in [1.54, 1.807) is 22.3 Å². The third-order valence-electron chi connectivity index (χ3n) is 5.60. The lowest BCUT2D eigenvalue weighted by Crippen LogP contribution is -2.23. The van der Waals surface area contributed by atoms with Gasteiger partial charge in [0.1, 0.15) is 0 Å². The molecule has 2 atom stereocenters. The molecule has 0 fully saturated rings. The van der Waals surface area contributed by atoms with Crippen LogP contribution in [0.5, 0.6) is 0 Å². The lowest BCUT2D eigenvalue weighted by molar-refractivity contribution is 0.0635. The molecular formula is C22H26O. The molecule has 0 heterocycles. The van der Waals surface area contributed by atoms with Gasteiger partial charge in [-0.2, -0.15) is 0 Å². The van der Waals surface area contributed by atoms with Crippen LogP contribution < -0.4 is 0 Å². The zero-order valence-electron chi connectivity index (χ0n) is 13.8. The summed E-state index contributed by atoms with van der Waals surface area (Å²) >= 11 is 0. The monoisotopic (exact) mass is 306 g/mol. The van der Waals surface area contributed by atoms with Gasteiger partial charge in [0, 0.05) is 13.2 Å². The van der Waals surface area contributed by atoms with Crippen molar-refractivity contribution < 1.29 is 4.74 Å². The predicted octanol–water partition coefficient (Wildman–Crippen LogP) is 4.61. The van der Waals surface area contributed by atoms with Gasteiger partial charge >= 0.3 is 0 Å². The van der Waals surface area contributed by atoms with E-state index in [1.165, 1.54) is 38.5 Å². The van der Waals surface area contributed by atoms with E-state index >= 15 is 0 Å². The number of hydrogen-bond donors (Lipinski definition) is 0. The minimum absolute atomic E-state index is 0.709. The van der Waals surface area contributed by atoms with Crippen molar-refractivity contribution >= 4 is 0 Å². The lowest BCUT2D eigenvalue weighted by Gasteiger charge is -2.27. The number of fused-ring (bicyclic) bond motifs is 2. The molecule has 0 bridgehead atoms. The normalized spacial score (nSPS) is 23.1. The topological polar surface area (TPSA) is 9.23 Å². The van der Waals surface area contributed by atoms with E-state index in [-0.39, 0.29) is 0 Å². The second kappa shape index (κ2) is 6.88. The highest BCUT2D eigenvalue weighted by Gasteiger charge is 2.21. The lowest BCUT2D eigenvalue weighted by atomic mass is 9.84. The van der Waals surface area contributed by atoms with Gasteiger partial charge in [-0.15, -0.1) is 0 Å². The second-order valence-electron chi connectivity index (χ2n) is 7.29. The highest BCUT2D eigenvalue weighted by molar-refractivity contribution is 5.30. The van der Waals surface area contributed by atoms with Gasteiger partial charge in [-0.05, 0) is 72.6 Å². The van der Waals surface area contributed by atoms with Crippen LogP contribution in [0.1, 0.15) is 35.1 Å². The summed E-state index contributed by atoms with van der Waals surface area (Å²) in [7, 11) is 0. The summed E-state index contributed by atoms with van der Waals surface area (Å²) < 4.78 is 6.14. The molecule has 0 aromatic heterocycles. The highest BCUT2D eigenvalue weighted by Crippen LogP contribution is 2.27. The van der Waals surface area contributed by atoms with Crippen LogP contribution in [0.3, 0.4) is 0 Å². The fourth-order valence-electron chi connectivity index (χ4n) is 4.23. The Morgan fingerprint density at radius 2 is 1.09 bits per heavy atom. The quantitative estimate of drug-likeness (QED) is 0.801. The Morgan fingerprint density at radius 1 is 0.652 bits per heavy atom. The molecule has 1 nitrogen and oxygen atoms in total. The molecule has 0 N–H and O–H groups in total. The van der Waals surface area contributed by atoms with Gasteiger partial charge in [0.2, 0.25) is 0 Å². The summed E-state index contributed by atoms with van der Waals surface area (Å²) in [5.41, 5.74) is 6.18. The maximum atomic E-state index is 6.14. The number of ether oxygens (including phenoxy) is 1. The van der Waals surface area contributed by atoms with E-state index in [4.69, 9.17) is 4.74 Å². The van der Waals surface area contributed by atoms with Gasteiger partial charge in [-0.25, -0.2) is 0 Å². The number of aryl methyl sites for hydroxylation is 2. The van der Waals surface area contributed by atoms with E-state index in [0.717, 1.165) is 13.2 Å². The van der Waals surface area contributed by atoms with Gasteiger partial charge in [0.15, 0.2) is 0 Å². The minimum atomic E-state index is 0.709. The smallest absolute Gasteiger partial charge is 0.0497 e. The summed E-state index contributed by atoms with van der Waals surface area (Å²) in [5, 5.41) is 0. The van der Waals surface area contributed by atoms with Gasteiger partial charge in [0.25, 0.3) is 0 Å². The molecule has 0 amide bonds. The van der Waals surface area contributed by atoms with E-state index in [9.17, 15) is 0 Å². The summed E-state index contributed by atoms with van der Waals surface area (Å²) in [5.74, 6) is 1.42. The SMILES string of the molecule is c1ccc2c(c1)CCC(COCC1CCc3ccccc3C1)C2. The van der Waals surface area contributed by atoms with Gasteiger partial charge < -0.3 is 4.74 Å². The fraction of sp³-hybridized carbons (Fsp3) is 0.455. The number of benzene rings is 2. The first-order valence-corrected chi connectivity index (χ1v) is 9.10. The molecule has 23 heavy (non-hydrogen) atoms. The van der Waals surface area contributed by atoms with Crippen molar-refractivity contribution in [3.63, 3.8) is 0 Å². The molecule has 0 saturated carbocycles. The van der Waals surface area contributed by atoms with E-state index in [2.05, 4.69) is 48.5 Å². The third kappa shape index (κ3) is 3.50. The van der Waals surface area contributed by atoms with Crippen LogP contribution in [0.2, 0.25) is 0 Å². The first-order chi connectivity index (χ1) is 11.4. The average molecular weight is 306 g/mol. The molecule has 0 spiro atoms. The van der Waals surface area contributed by atoms with Crippen molar-refractivity contribution in [1.29, 1.82) is 0 Å². The van der Waals surface area contributed by atoms with Crippen LogP contribution in [0.25, 0.3) is 0 Å². The van der Waals surface area contributed by atoms with Crippen molar-refractivity contribution in [2.24, 2.45) is 11.8 Å². The average Bonchev–Trinajstić information content (AvgIpc) is 2.61. The standard InChI is InChI=1S/C22H26O/c1-3-7-21-13-17(9-11-19(21)5-1)15-23-16-18-10-12-20-6-2-4-8-22(20)14-18/h1-8,17-18H,9-16H2. The fourth-order valence-corrected chi connectivity index (χ4v) is 4.23. The van der Waals surface area contributed by atoms with Crippen molar-refractivity contribution in [1.82, 2.24) is 0 Å². The van der Waals surface area contributed by atoms with Crippen LogP contribution in [0.15, 0.2) is 48.5 Å². The van der Waals surface area contributed by atoms with Crippen molar-refractivity contribution in [3.05, 3.63) is 70.8 Å². The van der Waals surface area contributed by atoms with Gasteiger partial charge in [-0.1, -0.05) is 48.5 Å². The zero-order chi connectivity index (χ0) is 15.5. The molecule has 0 radical (unpaired) electrons. The Hall–Kier alpha value is -1.60. The largest absolute Gasteiger partial charge is 0.381 e. The van der Waals surface area contributed by atoms with E-state index < -0.39 is 0 Å². The van der Waals surface area contributed by atoms with Gasteiger partial charge in [0.05, 0.1) is 0 Å². The molecule has 4 rings (SSSR count). The second-order valence-corrected chi connectivity index (χ2v) is 7.29. The number of hydrogen-bond acceptors (Lipinski definition) is 1. The van der Waals surface area contributed by atoms with Crippen molar-refractivity contribution in [3.8, 4) is 0 Å². The highest BCUT2D eigenvalue weighted by atomic mass is 16.5. The molecule has 2 aromatic carbocycles. The predicted molar refractivity (Wildman–Crippen MR) is 94.7 cm³/mol. The summed E-state index contributed by atoms with van der Waals surface area (Å²) in [6.45, 7) is 1.87. The van der Waals surface area contributed by atoms with Crippen LogP contribution in [-0.4, -0.2) is 13.2 Å². The van der Waals surface area contributed by atoms with Gasteiger partial charge in [-0.3, -0.25) is 0 Å². The molecule has 0 aliphatic heterocycles. The molecule has 120 valence electrons. The molecule has 0 saturated heterocycles. The third-order valence-corrected chi connectivity index (χ3v) is 5.60. The number of rotatable bonds is 4. The Kier molecular flexibility index (Phi) is 4.48. The van der Waals surface area contributed by atoms with Crippen LogP contribution >= 0.6 is 0 Å². The molecular weight excluding hydrogens is 280 g/mol. The van der Waals surface area contributed by atoms with Crippen molar-refractivity contribution in [2.45, 2.75) is 38.5 Å². The first kappa shape index (κ1) is 15.0. The Balaban J connectivity index is 1.26. The Labute approximate surface area is 139 Å². The maximum Gasteiger partial charge on any atom is 0.0497 e. The Morgan fingerprint density at radius 3 is 1.57 bits per heavy atom. The molecule has 1 heteroatoms. The Bertz CT molecular complexity index is 603. The van der Waals surface area contributed by atoms with E-state index in [0.29, 0.717) is 11.8 Å². The molecule has 2 aliphatic carbocycles. The molecule has 2 aromatic rings. The van der Waals surface area contributed by atoms with Crippen LogP contribution in [0, 0.1) is 11.8 Å². The summed E-state index contributed by atoms with van der Waals surface area (Å²) in [4.78, 5) is 0. The maximum absolute atomic E-state index is 6.14. The van der Waals surface area contributed by atoms with Crippen LogP contribution in [0.4, 0.5) is 0 Å². The van der Waals surface area contributed by atoms with Crippen molar-refractivity contribution in [2.75, 3.05) is 13.2 Å². The van der Waals surface area contributed by atoms with E-state index in [1.807, 2.05) is 0 Å². The van der Waals surface area contributed by atoms with Crippen LogP contribution in [-0.2, 0) is 30.4 Å². The summed E-state index contributed by atoms with van der Waals surface area (Å²) in [6, 6.07) is 17.8. The molecule has 2 unspecified atom stereocenters. The molecule has 2 aliphatic rings. The first-order valence-electron chi connectivity index (χ1n) is 9.10. The summed E-state index contributed by atoms with van der Waals surface area (Å²) in [6.07, 6.45) is 7.41. The minimum Gasteiger partial charge on any atom is -0.381 e.